The molecule has 0 spiro atoms. The second kappa shape index (κ2) is 15.2. The highest BCUT2D eigenvalue weighted by Gasteiger charge is 2.40. The average Bonchev–Trinajstić information content (AvgIpc) is 2.75. The van der Waals surface area contributed by atoms with Crippen LogP contribution in [0.2, 0.25) is 0 Å². The van der Waals surface area contributed by atoms with Crippen LogP contribution in [-0.4, -0.2) is 26.9 Å². The Morgan fingerprint density at radius 2 is 1.21 bits per heavy atom. The molecule has 1 aromatic rings. The molecule has 1 heterocycles. The van der Waals surface area contributed by atoms with Crippen LogP contribution in [0.3, 0.4) is 0 Å². The Morgan fingerprint density at radius 1 is 0.758 bits per heavy atom. The van der Waals surface area contributed by atoms with E-state index in [0.29, 0.717) is 6.42 Å². The molecule has 3 N–H and O–H groups in total. The molecule has 1 aromatic carbocycles. The van der Waals surface area contributed by atoms with Crippen LogP contribution in [0.15, 0.2) is 12.1 Å². The van der Waals surface area contributed by atoms with Crippen LogP contribution in [0.25, 0.3) is 0 Å². The van der Waals surface area contributed by atoms with Gasteiger partial charge in [0.05, 0.1) is 6.42 Å². The molecular formula is C28H46O5. The molecule has 0 saturated heterocycles. The van der Waals surface area contributed by atoms with E-state index in [2.05, 4.69) is 6.92 Å². The average molecular weight is 463 g/mol. The number of phenols is 2. The lowest BCUT2D eigenvalue weighted by Crippen LogP contribution is -2.41. The molecule has 1 aliphatic heterocycles. The number of rotatable bonds is 18. The van der Waals surface area contributed by atoms with Crippen molar-refractivity contribution in [2.45, 2.75) is 135 Å². The van der Waals surface area contributed by atoms with E-state index in [-0.39, 0.29) is 35.0 Å². The first-order chi connectivity index (χ1) is 15.9. The van der Waals surface area contributed by atoms with E-state index in [1.165, 1.54) is 96.0 Å². The van der Waals surface area contributed by atoms with E-state index in [1.807, 2.05) is 0 Å². The Balaban J connectivity index is 1.44. The smallest absolute Gasteiger partial charge is 0.215 e. The fourth-order valence-electron chi connectivity index (χ4n) is 4.79. The van der Waals surface area contributed by atoms with Crippen molar-refractivity contribution in [2.24, 2.45) is 0 Å². The minimum Gasteiger partial charge on any atom is -0.508 e. The van der Waals surface area contributed by atoms with Gasteiger partial charge in [-0.25, -0.2) is 0 Å². The number of unbranched alkanes of at least 4 members (excludes halogenated alkanes) is 16. The molecule has 2 rings (SSSR count). The maximum atomic E-state index is 12.3. The number of ether oxygens (including phenoxy) is 1. The van der Waals surface area contributed by atoms with Gasteiger partial charge in [-0.3, -0.25) is 4.79 Å². The van der Waals surface area contributed by atoms with Gasteiger partial charge in [0.2, 0.25) is 5.79 Å². The number of Topliss-reactive ketones (excluding diaryl/α,β-unsaturated/α-hetero) is 1. The minimum atomic E-state index is -1.56. The third-order valence-corrected chi connectivity index (χ3v) is 6.75. The normalized spacial score (nSPS) is 17.7. The molecule has 1 aliphatic rings. The van der Waals surface area contributed by atoms with Crippen LogP contribution in [0.5, 0.6) is 17.2 Å². The SMILES string of the molecule is CCCCCCCCCCCCCCCCCCCC1(O)CC(=O)c2c(O)cc(O)cc2O1. The van der Waals surface area contributed by atoms with Gasteiger partial charge in [0.1, 0.15) is 22.8 Å². The van der Waals surface area contributed by atoms with Crippen LogP contribution >= 0.6 is 0 Å². The number of benzene rings is 1. The highest BCUT2D eigenvalue weighted by atomic mass is 16.6. The van der Waals surface area contributed by atoms with E-state index >= 15 is 0 Å². The summed E-state index contributed by atoms with van der Waals surface area (Å²) in [6.07, 6.45) is 22.1. The van der Waals surface area contributed by atoms with Crippen LogP contribution < -0.4 is 4.74 Å². The molecule has 188 valence electrons. The summed E-state index contributed by atoms with van der Waals surface area (Å²) < 4.78 is 5.60. The van der Waals surface area contributed by atoms with E-state index in [4.69, 9.17) is 4.74 Å². The van der Waals surface area contributed by atoms with Gasteiger partial charge in [-0.15, -0.1) is 0 Å². The number of aliphatic hydroxyl groups is 1. The lowest BCUT2D eigenvalue weighted by atomic mass is 9.93. The monoisotopic (exact) mass is 462 g/mol. The van der Waals surface area contributed by atoms with Gasteiger partial charge in [-0.05, 0) is 6.42 Å². The Hall–Kier alpha value is -1.75. The summed E-state index contributed by atoms with van der Waals surface area (Å²) in [6, 6.07) is 2.38. The van der Waals surface area contributed by atoms with Gasteiger partial charge >= 0.3 is 0 Å². The summed E-state index contributed by atoms with van der Waals surface area (Å²) in [6.45, 7) is 2.27. The summed E-state index contributed by atoms with van der Waals surface area (Å²) >= 11 is 0. The van der Waals surface area contributed by atoms with Crippen molar-refractivity contribution in [3.05, 3.63) is 17.7 Å². The number of ketones is 1. The highest BCUT2D eigenvalue weighted by molar-refractivity contribution is 6.02. The van der Waals surface area contributed by atoms with E-state index in [1.54, 1.807) is 0 Å². The van der Waals surface area contributed by atoms with Gasteiger partial charge in [0.15, 0.2) is 5.78 Å². The van der Waals surface area contributed by atoms with Crippen molar-refractivity contribution in [1.82, 2.24) is 0 Å². The molecule has 5 nitrogen and oxygen atoms in total. The molecule has 1 unspecified atom stereocenters. The molecular weight excluding hydrogens is 416 g/mol. The van der Waals surface area contributed by atoms with Crippen LogP contribution in [0.4, 0.5) is 0 Å². The molecule has 0 bridgehead atoms. The van der Waals surface area contributed by atoms with Crippen molar-refractivity contribution in [2.75, 3.05) is 0 Å². The number of hydrogen-bond donors (Lipinski definition) is 3. The zero-order valence-electron chi connectivity index (χ0n) is 20.7. The molecule has 0 fully saturated rings. The Morgan fingerprint density at radius 3 is 1.70 bits per heavy atom. The summed E-state index contributed by atoms with van der Waals surface area (Å²) in [5.74, 6) is -2.36. The number of carbonyl (C=O) groups excluding carboxylic acids is 1. The van der Waals surface area contributed by atoms with Crippen molar-refractivity contribution in [1.29, 1.82) is 0 Å². The summed E-state index contributed by atoms with van der Waals surface area (Å²) in [7, 11) is 0. The van der Waals surface area contributed by atoms with E-state index in [9.17, 15) is 20.1 Å². The maximum Gasteiger partial charge on any atom is 0.215 e. The molecule has 0 radical (unpaired) electrons. The third-order valence-electron chi connectivity index (χ3n) is 6.75. The molecule has 5 heteroatoms. The molecule has 0 aliphatic carbocycles. The standard InChI is InChI=1S/C28H46O5/c1-2-3-4-5-6-7-8-9-10-11-12-13-14-15-16-17-18-19-28(32)22-25(31)27-24(30)20-23(29)21-26(27)33-28/h20-21,29-30,32H,2-19,22H2,1H3. The van der Waals surface area contributed by atoms with Crippen molar-refractivity contribution in [3.8, 4) is 17.2 Å². The van der Waals surface area contributed by atoms with Gasteiger partial charge in [-0.1, -0.05) is 110 Å². The zero-order valence-corrected chi connectivity index (χ0v) is 20.7. The first-order valence-electron chi connectivity index (χ1n) is 13.5. The molecule has 0 saturated carbocycles. The number of hydrogen-bond acceptors (Lipinski definition) is 5. The van der Waals surface area contributed by atoms with Gasteiger partial charge in [0.25, 0.3) is 0 Å². The zero-order chi connectivity index (χ0) is 23.9. The topological polar surface area (TPSA) is 87.0 Å². The molecule has 0 aromatic heterocycles. The highest BCUT2D eigenvalue weighted by Crippen LogP contribution is 2.41. The van der Waals surface area contributed by atoms with Crippen LogP contribution in [0.1, 0.15) is 139 Å². The third kappa shape index (κ3) is 10.4. The van der Waals surface area contributed by atoms with Crippen molar-refractivity contribution < 1.29 is 24.9 Å². The predicted molar refractivity (Wildman–Crippen MR) is 133 cm³/mol. The van der Waals surface area contributed by atoms with E-state index < -0.39 is 5.79 Å². The minimum absolute atomic E-state index is 0.0416. The number of phenolic OH excluding ortho intramolecular Hbond substituents is 2. The summed E-state index contributed by atoms with van der Waals surface area (Å²) in [5.41, 5.74) is 0.0416. The largest absolute Gasteiger partial charge is 0.508 e. The van der Waals surface area contributed by atoms with Gasteiger partial charge in [-0.2, -0.15) is 0 Å². The number of fused-ring (bicyclic) bond motifs is 1. The maximum absolute atomic E-state index is 12.3. The fourth-order valence-corrected chi connectivity index (χ4v) is 4.79. The first-order valence-corrected chi connectivity index (χ1v) is 13.5. The Labute approximate surface area is 200 Å². The van der Waals surface area contributed by atoms with Crippen LogP contribution in [-0.2, 0) is 0 Å². The summed E-state index contributed by atoms with van der Waals surface area (Å²) in [4.78, 5) is 12.3. The number of carbonyl (C=O) groups is 1. The summed E-state index contributed by atoms with van der Waals surface area (Å²) in [5, 5.41) is 30.2. The quantitative estimate of drug-likeness (QED) is 0.194. The lowest BCUT2D eigenvalue weighted by Gasteiger charge is -2.33. The van der Waals surface area contributed by atoms with Gasteiger partial charge in [0, 0.05) is 18.6 Å². The molecule has 1 atom stereocenters. The number of aromatic hydroxyl groups is 2. The first kappa shape index (κ1) is 27.5. The van der Waals surface area contributed by atoms with Crippen molar-refractivity contribution >= 4 is 5.78 Å². The fraction of sp³-hybridized carbons (Fsp3) is 0.750. The Bertz CT molecular complexity index is 702. The predicted octanol–water partition coefficient (Wildman–Crippen LogP) is 7.79. The second-order valence-corrected chi connectivity index (χ2v) is 9.89. The van der Waals surface area contributed by atoms with E-state index in [0.717, 1.165) is 25.3 Å². The molecule has 33 heavy (non-hydrogen) atoms. The van der Waals surface area contributed by atoms with Crippen LogP contribution in [0, 0.1) is 0 Å². The van der Waals surface area contributed by atoms with Crippen molar-refractivity contribution in [3.63, 3.8) is 0 Å². The van der Waals surface area contributed by atoms with Gasteiger partial charge < -0.3 is 20.1 Å². The molecule has 0 amide bonds. The Kier molecular flexibility index (Phi) is 12.7. The second-order valence-electron chi connectivity index (χ2n) is 9.89. The lowest BCUT2D eigenvalue weighted by molar-refractivity contribution is -0.145.